The van der Waals surface area contributed by atoms with E-state index in [9.17, 15) is 4.79 Å². The van der Waals surface area contributed by atoms with Gasteiger partial charge in [0.1, 0.15) is 0 Å². The molecule has 0 spiro atoms. The summed E-state index contributed by atoms with van der Waals surface area (Å²) >= 11 is 0. The molecule has 2 heteroatoms. The van der Waals surface area contributed by atoms with Crippen LogP contribution in [0.2, 0.25) is 0 Å². The average Bonchev–Trinajstić information content (AvgIpc) is 2.45. The Labute approximate surface area is 119 Å². The number of nitriles is 1. The van der Waals surface area contributed by atoms with Gasteiger partial charge in [0.05, 0.1) is 11.5 Å². The minimum Gasteiger partial charge on any atom is -0.298 e. The summed E-state index contributed by atoms with van der Waals surface area (Å²) in [7, 11) is 0. The molecular formula is C18H17NO. The summed E-state index contributed by atoms with van der Waals surface area (Å²) in [5.41, 5.74) is 1.83. The van der Waals surface area contributed by atoms with E-state index in [0.29, 0.717) is 12.0 Å². The number of rotatable bonds is 4. The first kappa shape index (κ1) is 14.0. The van der Waals surface area contributed by atoms with Gasteiger partial charge in [-0.05, 0) is 42.2 Å². The van der Waals surface area contributed by atoms with Gasteiger partial charge in [0.15, 0.2) is 6.29 Å². The van der Waals surface area contributed by atoms with E-state index in [1.165, 1.54) is 0 Å². The first-order valence-corrected chi connectivity index (χ1v) is 6.55. The van der Waals surface area contributed by atoms with Gasteiger partial charge in [0, 0.05) is 5.56 Å². The predicted octanol–water partition coefficient (Wildman–Crippen LogP) is 4.61. The maximum atomic E-state index is 11.5. The maximum absolute atomic E-state index is 11.5. The summed E-state index contributed by atoms with van der Waals surface area (Å²) in [6.45, 7) is 7.81. The Morgan fingerprint density at radius 2 is 2.00 bits per heavy atom. The normalized spacial score (nSPS) is 11.1. The zero-order chi connectivity index (χ0) is 14.8. The van der Waals surface area contributed by atoms with E-state index in [0.717, 1.165) is 28.2 Å². The molecule has 0 unspecified atom stereocenters. The lowest BCUT2D eigenvalue weighted by Gasteiger charge is -2.18. The highest BCUT2D eigenvalue weighted by atomic mass is 16.1. The number of hydrogen-bond acceptors (Lipinski definition) is 2. The van der Waals surface area contributed by atoms with Crippen LogP contribution >= 0.6 is 0 Å². The molecule has 20 heavy (non-hydrogen) atoms. The zero-order valence-electron chi connectivity index (χ0n) is 11.8. The van der Waals surface area contributed by atoms with Crippen LogP contribution in [0.3, 0.4) is 0 Å². The molecule has 0 atom stereocenters. The van der Waals surface area contributed by atoms with E-state index in [4.69, 9.17) is 5.26 Å². The standard InChI is InChI=1S/C18H17NO/c1-13(10-18(2,3)12-19)15-9-8-14-6-4-5-7-16(14)17(15)11-20/h4-9,11H,1,10H2,2-3H3. The highest BCUT2D eigenvalue weighted by Crippen LogP contribution is 2.32. The summed E-state index contributed by atoms with van der Waals surface area (Å²) in [5, 5.41) is 11.1. The Hall–Kier alpha value is -2.40. The van der Waals surface area contributed by atoms with Gasteiger partial charge in [0.25, 0.3) is 0 Å². The van der Waals surface area contributed by atoms with Crippen molar-refractivity contribution in [1.82, 2.24) is 0 Å². The van der Waals surface area contributed by atoms with Crippen LogP contribution in [0.4, 0.5) is 0 Å². The van der Waals surface area contributed by atoms with Gasteiger partial charge < -0.3 is 0 Å². The Morgan fingerprint density at radius 1 is 1.30 bits per heavy atom. The van der Waals surface area contributed by atoms with Crippen molar-refractivity contribution in [2.24, 2.45) is 5.41 Å². The molecule has 0 aliphatic rings. The molecule has 0 heterocycles. The van der Waals surface area contributed by atoms with Crippen molar-refractivity contribution in [3.8, 4) is 6.07 Å². The summed E-state index contributed by atoms with van der Waals surface area (Å²) in [6.07, 6.45) is 1.42. The second-order valence-electron chi connectivity index (χ2n) is 5.64. The van der Waals surface area contributed by atoms with Gasteiger partial charge in [-0.2, -0.15) is 5.26 Å². The van der Waals surface area contributed by atoms with Gasteiger partial charge in [-0.15, -0.1) is 0 Å². The molecule has 0 fully saturated rings. The number of carbonyl (C=O) groups is 1. The van der Waals surface area contributed by atoms with Gasteiger partial charge in [-0.1, -0.05) is 43.0 Å². The molecule has 0 aliphatic carbocycles. The fourth-order valence-electron chi connectivity index (χ4n) is 2.40. The van der Waals surface area contributed by atoms with Crippen LogP contribution in [0.1, 0.15) is 36.2 Å². The molecule has 0 N–H and O–H groups in total. The van der Waals surface area contributed by atoms with Crippen LogP contribution < -0.4 is 0 Å². The van der Waals surface area contributed by atoms with Crippen LogP contribution in [0.15, 0.2) is 43.0 Å². The van der Waals surface area contributed by atoms with E-state index in [-0.39, 0.29) is 0 Å². The fourth-order valence-corrected chi connectivity index (χ4v) is 2.40. The van der Waals surface area contributed by atoms with Crippen LogP contribution in [-0.4, -0.2) is 6.29 Å². The number of aldehydes is 1. The van der Waals surface area contributed by atoms with Crippen molar-refractivity contribution in [2.45, 2.75) is 20.3 Å². The lowest BCUT2D eigenvalue weighted by Crippen LogP contribution is -2.09. The SMILES string of the molecule is C=C(CC(C)(C)C#N)c1ccc2ccccc2c1C=O. The first-order chi connectivity index (χ1) is 9.48. The van der Waals surface area contributed by atoms with E-state index in [1.807, 2.05) is 50.2 Å². The predicted molar refractivity (Wildman–Crippen MR) is 82.4 cm³/mol. The lowest BCUT2D eigenvalue weighted by atomic mass is 9.83. The third-order valence-electron chi connectivity index (χ3n) is 3.43. The maximum Gasteiger partial charge on any atom is 0.151 e. The molecule has 0 aromatic heterocycles. The third kappa shape index (κ3) is 2.62. The first-order valence-electron chi connectivity index (χ1n) is 6.55. The highest BCUT2D eigenvalue weighted by Gasteiger charge is 2.20. The van der Waals surface area contributed by atoms with Crippen molar-refractivity contribution in [2.75, 3.05) is 0 Å². The number of benzene rings is 2. The number of carbonyl (C=O) groups excluding carboxylic acids is 1. The second kappa shape index (κ2) is 5.30. The molecule has 0 saturated carbocycles. The van der Waals surface area contributed by atoms with Gasteiger partial charge in [-0.3, -0.25) is 4.79 Å². The molecule has 0 saturated heterocycles. The topological polar surface area (TPSA) is 40.9 Å². The molecule has 0 bridgehead atoms. The number of nitrogens with zero attached hydrogens (tertiary/aromatic N) is 1. The van der Waals surface area contributed by atoms with Gasteiger partial charge >= 0.3 is 0 Å². The molecule has 2 aromatic carbocycles. The Bertz CT molecular complexity index is 720. The third-order valence-corrected chi connectivity index (χ3v) is 3.43. The largest absolute Gasteiger partial charge is 0.298 e. The molecule has 0 radical (unpaired) electrons. The Kier molecular flexibility index (Phi) is 3.72. The fraction of sp³-hybridized carbons (Fsp3) is 0.222. The van der Waals surface area contributed by atoms with Crippen molar-refractivity contribution in [3.05, 3.63) is 54.1 Å². The number of fused-ring (bicyclic) bond motifs is 1. The van der Waals surface area contributed by atoms with Gasteiger partial charge in [0.2, 0.25) is 0 Å². The second-order valence-corrected chi connectivity index (χ2v) is 5.64. The minimum atomic E-state index is -0.483. The molecule has 2 aromatic rings. The van der Waals surface area contributed by atoms with E-state index in [2.05, 4.69) is 12.6 Å². The van der Waals surface area contributed by atoms with Crippen molar-refractivity contribution in [3.63, 3.8) is 0 Å². The van der Waals surface area contributed by atoms with Crippen LogP contribution in [0.25, 0.3) is 16.3 Å². The summed E-state index contributed by atoms with van der Waals surface area (Å²) in [4.78, 5) is 11.5. The summed E-state index contributed by atoms with van der Waals surface area (Å²) in [6, 6.07) is 14.0. The van der Waals surface area contributed by atoms with Crippen molar-refractivity contribution in [1.29, 1.82) is 5.26 Å². The summed E-state index contributed by atoms with van der Waals surface area (Å²) < 4.78 is 0. The van der Waals surface area contributed by atoms with Crippen LogP contribution in [0, 0.1) is 16.7 Å². The van der Waals surface area contributed by atoms with Gasteiger partial charge in [-0.25, -0.2) is 0 Å². The molecule has 2 rings (SSSR count). The lowest BCUT2D eigenvalue weighted by molar-refractivity contribution is 0.112. The molecule has 0 aliphatic heterocycles. The van der Waals surface area contributed by atoms with Crippen LogP contribution in [0.5, 0.6) is 0 Å². The molecule has 2 nitrogen and oxygen atoms in total. The van der Waals surface area contributed by atoms with Crippen molar-refractivity contribution < 1.29 is 4.79 Å². The quantitative estimate of drug-likeness (QED) is 0.756. The smallest absolute Gasteiger partial charge is 0.151 e. The Balaban J connectivity index is 2.53. The minimum absolute atomic E-state index is 0.483. The number of allylic oxidation sites excluding steroid dienone is 1. The van der Waals surface area contributed by atoms with E-state index >= 15 is 0 Å². The van der Waals surface area contributed by atoms with Crippen molar-refractivity contribution >= 4 is 22.6 Å². The molecule has 0 amide bonds. The average molecular weight is 263 g/mol. The molecule has 100 valence electrons. The van der Waals surface area contributed by atoms with E-state index < -0.39 is 5.41 Å². The Morgan fingerprint density at radius 3 is 2.65 bits per heavy atom. The highest BCUT2D eigenvalue weighted by molar-refractivity contribution is 6.02. The van der Waals surface area contributed by atoms with E-state index in [1.54, 1.807) is 0 Å². The monoisotopic (exact) mass is 263 g/mol. The molecular weight excluding hydrogens is 246 g/mol. The number of hydrogen-bond donors (Lipinski definition) is 0. The van der Waals surface area contributed by atoms with Crippen LogP contribution in [-0.2, 0) is 0 Å². The summed E-state index contributed by atoms with van der Waals surface area (Å²) in [5.74, 6) is 0. The zero-order valence-corrected chi connectivity index (χ0v) is 11.8.